The standard InChI is InChI=1S/C7H5NO5/c9-6-4(7(10)11)2-1-3-5(6)8(12)13/h1-3,9H,(H,10,11)/i1D,2D,3D. The maximum atomic E-state index is 10.6. The minimum Gasteiger partial charge on any atom is -0.501 e. The summed E-state index contributed by atoms with van der Waals surface area (Å²) in [5.74, 6) is -3.04. The number of carbonyl (C=O) groups is 1. The number of aromatic carboxylic acids is 1. The fourth-order valence-electron chi connectivity index (χ4n) is 0.677. The van der Waals surface area contributed by atoms with Crippen LogP contribution < -0.4 is 0 Å². The van der Waals surface area contributed by atoms with Crippen molar-refractivity contribution in [3.05, 3.63) is 33.8 Å². The molecule has 0 unspecified atom stereocenters. The highest BCUT2D eigenvalue weighted by atomic mass is 16.6. The average Bonchev–Trinajstić information content (AvgIpc) is 2.13. The Kier molecular flexibility index (Phi) is 1.31. The Morgan fingerprint density at radius 3 is 2.69 bits per heavy atom. The monoisotopic (exact) mass is 186 g/mol. The van der Waals surface area contributed by atoms with Gasteiger partial charge in [-0.05, 0) is 6.04 Å². The molecule has 0 fully saturated rings. The minimum atomic E-state index is -1.76. The lowest BCUT2D eigenvalue weighted by Crippen LogP contribution is -1.98. The molecular formula is C7H5NO5. The predicted molar refractivity (Wildman–Crippen MR) is 41.7 cm³/mol. The molecule has 0 aliphatic heterocycles. The molecule has 0 saturated heterocycles. The van der Waals surface area contributed by atoms with E-state index in [4.69, 9.17) is 9.22 Å². The van der Waals surface area contributed by atoms with Crippen molar-refractivity contribution in [2.75, 3.05) is 0 Å². The van der Waals surface area contributed by atoms with Gasteiger partial charge < -0.3 is 10.2 Å². The number of carboxylic acids is 1. The number of carboxylic acid groups (broad SMARTS) is 1. The number of nitro benzene ring substituents is 1. The van der Waals surface area contributed by atoms with E-state index in [-0.39, 0.29) is 0 Å². The second-order valence-electron chi connectivity index (χ2n) is 2.01. The highest BCUT2D eigenvalue weighted by Crippen LogP contribution is 2.28. The Labute approximate surface area is 76.4 Å². The number of hydrogen-bond acceptors (Lipinski definition) is 4. The minimum absolute atomic E-state index is 0.915. The van der Waals surface area contributed by atoms with E-state index in [0.29, 0.717) is 0 Å². The average molecular weight is 186 g/mol. The molecule has 0 radical (unpaired) electrons. The van der Waals surface area contributed by atoms with Gasteiger partial charge in [0, 0.05) is 6.04 Å². The number of hydrogen-bond donors (Lipinski definition) is 2. The van der Waals surface area contributed by atoms with Crippen molar-refractivity contribution in [3.8, 4) is 5.75 Å². The number of rotatable bonds is 2. The van der Waals surface area contributed by atoms with Crippen LogP contribution in [-0.2, 0) is 0 Å². The predicted octanol–water partition coefficient (Wildman–Crippen LogP) is 0.999. The molecule has 0 atom stereocenters. The molecule has 13 heavy (non-hydrogen) atoms. The van der Waals surface area contributed by atoms with Crippen molar-refractivity contribution >= 4 is 11.7 Å². The third kappa shape index (κ3) is 1.56. The normalized spacial score (nSPS) is 12.8. The maximum absolute atomic E-state index is 10.6. The molecule has 0 heterocycles. The summed E-state index contributed by atoms with van der Waals surface area (Å²) in [6.07, 6.45) is 0. The van der Waals surface area contributed by atoms with E-state index in [2.05, 4.69) is 0 Å². The molecular weight excluding hydrogens is 178 g/mol. The molecule has 1 rings (SSSR count). The maximum Gasteiger partial charge on any atom is 0.339 e. The van der Waals surface area contributed by atoms with Crippen molar-refractivity contribution in [2.24, 2.45) is 0 Å². The molecule has 0 saturated carbocycles. The molecule has 0 bridgehead atoms. The summed E-state index contributed by atoms with van der Waals surface area (Å²) >= 11 is 0. The van der Waals surface area contributed by atoms with Gasteiger partial charge in [0.15, 0.2) is 0 Å². The smallest absolute Gasteiger partial charge is 0.339 e. The number of aromatic hydroxyl groups is 1. The lowest BCUT2D eigenvalue weighted by molar-refractivity contribution is -0.385. The molecule has 0 aliphatic rings. The Bertz CT molecular complexity index is 460. The molecule has 1 aromatic rings. The van der Waals surface area contributed by atoms with Gasteiger partial charge in [-0.15, -0.1) is 0 Å². The number of phenols is 1. The van der Waals surface area contributed by atoms with Crippen LogP contribution in [0, 0.1) is 10.1 Å². The zero-order valence-corrected chi connectivity index (χ0v) is 6.07. The first-order chi connectivity index (χ1) is 7.29. The second-order valence-corrected chi connectivity index (χ2v) is 2.01. The highest BCUT2D eigenvalue weighted by molar-refractivity contribution is 5.92. The first-order valence-electron chi connectivity index (χ1n) is 4.49. The number of nitro groups is 1. The Morgan fingerprint density at radius 1 is 1.62 bits per heavy atom. The first-order valence-corrected chi connectivity index (χ1v) is 2.99. The quantitative estimate of drug-likeness (QED) is 0.530. The molecule has 6 heteroatoms. The van der Waals surface area contributed by atoms with Gasteiger partial charge >= 0.3 is 11.7 Å². The van der Waals surface area contributed by atoms with Crippen molar-refractivity contribution in [3.63, 3.8) is 0 Å². The van der Waals surface area contributed by atoms with E-state index in [1.807, 2.05) is 0 Å². The fourth-order valence-corrected chi connectivity index (χ4v) is 0.677. The summed E-state index contributed by atoms with van der Waals surface area (Å²) in [4.78, 5) is 19.9. The van der Waals surface area contributed by atoms with Crippen LogP contribution in [0.4, 0.5) is 5.69 Å². The summed E-state index contributed by atoms with van der Waals surface area (Å²) in [5.41, 5.74) is -2.23. The van der Waals surface area contributed by atoms with E-state index in [0.717, 1.165) is 0 Å². The Morgan fingerprint density at radius 2 is 2.23 bits per heavy atom. The molecule has 0 spiro atoms. The molecule has 1 aromatic carbocycles. The fraction of sp³-hybridized carbons (Fsp3) is 0. The van der Waals surface area contributed by atoms with Crippen LogP contribution in [0.15, 0.2) is 18.1 Å². The molecule has 2 N–H and O–H groups in total. The van der Waals surface area contributed by atoms with Gasteiger partial charge in [0.25, 0.3) is 0 Å². The van der Waals surface area contributed by atoms with Crippen LogP contribution in [0.25, 0.3) is 0 Å². The molecule has 68 valence electrons. The molecule has 0 aliphatic carbocycles. The molecule has 0 amide bonds. The van der Waals surface area contributed by atoms with Gasteiger partial charge in [-0.2, -0.15) is 0 Å². The Balaban J connectivity index is 3.80. The van der Waals surface area contributed by atoms with Crippen molar-refractivity contribution in [1.29, 1.82) is 0 Å². The van der Waals surface area contributed by atoms with Crippen LogP contribution in [0.1, 0.15) is 14.5 Å². The first kappa shape index (κ1) is 5.52. The van der Waals surface area contributed by atoms with Gasteiger partial charge in [-0.25, -0.2) is 4.79 Å². The molecule has 6 nitrogen and oxygen atoms in total. The van der Waals surface area contributed by atoms with Gasteiger partial charge in [-0.3, -0.25) is 10.1 Å². The van der Waals surface area contributed by atoms with Gasteiger partial charge in [0.05, 0.1) is 9.04 Å². The summed E-state index contributed by atoms with van der Waals surface area (Å²) in [6, 6.07) is -2.83. The lowest BCUT2D eigenvalue weighted by Gasteiger charge is -1.98. The van der Waals surface area contributed by atoms with Crippen LogP contribution in [0.5, 0.6) is 5.75 Å². The number of para-hydroxylation sites is 1. The van der Waals surface area contributed by atoms with Crippen LogP contribution in [0.3, 0.4) is 0 Å². The highest BCUT2D eigenvalue weighted by Gasteiger charge is 2.19. The van der Waals surface area contributed by atoms with E-state index < -0.39 is 46.0 Å². The number of benzene rings is 1. The Hall–Kier alpha value is -2.11. The van der Waals surface area contributed by atoms with Crippen LogP contribution >= 0.6 is 0 Å². The van der Waals surface area contributed by atoms with Crippen molar-refractivity contribution in [1.82, 2.24) is 0 Å². The topological polar surface area (TPSA) is 101 Å². The molecule has 0 aromatic heterocycles. The third-order valence-corrected chi connectivity index (χ3v) is 1.23. The van der Waals surface area contributed by atoms with Gasteiger partial charge in [0.1, 0.15) is 5.56 Å². The zero-order chi connectivity index (χ0) is 12.6. The van der Waals surface area contributed by atoms with Crippen LogP contribution in [0.2, 0.25) is 0 Å². The van der Waals surface area contributed by atoms with E-state index >= 15 is 0 Å². The SMILES string of the molecule is [2H]c1c([2H])c(C(=O)O)c(O)c([N+](=O)[O-])c1[2H]. The van der Waals surface area contributed by atoms with E-state index in [1.54, 1.807) is 0 Å². The van der Waals surface area contributed by atoms with E-state index in [9.17, 15) is 20.0 Å². The summed E-state index contributed by atoms with van der Waals surface area (Å²) in [5, 5.41) is 28.4. The summed E-state index contributed by atoms with van der Waals surface area (Å²) in [7, 11) is 0. The lowest BCUT2D eigenvalue weighted by atomic mass is 10.2. The number of nitrogens with zero attached hydrogens (tertiary/aromatic N) is 1. The summed E-state index contributed by atoms with van der Waals surface area (Å²) in [6.45, 7) is 0. The van der Waals surface area contributed by atoms with Gasteiger partial charge in [-0.1, -0.05) is 6.04 Å². The summed E-state index contributed by atoms with van der Waals surface area (Å²) < 4.78 is 21.5. The van der Waals surface area contributed by atoms with Gasteiger partial charge in [0.2, 0.25) is 5.75 Å². The largest absolute Gasteiger partial charge is 0.501 e. The van der Waals surface area contributed by atoms with Crippen LogP contribution in [-0.4, -0.2) is 21.1 Å². The van der Waals surface area contributed by atoms with Crippen molar-refractivity contribution in [2.45, 2.75) is 0 Å². The van der Waals surface area contributed by atoms with E-state index in [1.165, 1.54) is 0 Å². The van der Waals surface area contributed by atoms with Crippen molar-refractivity contribution < 1.29 is 24.0 Å². The zero-order valence-electron chi connectivity index (χ0n) is 9.07. The third-order valence-electron chi connectivity index (χ3n) is 1.23. The second kappa shape index (κ2) is 3.10.